The summed E-state index contributed by atoms with van der Waals surface area (Å²) in [6, 6.07) is 2.03. The molecule has 0 aromatic carbocycles. The average Bonchev–Trinajstić information content (AvgIpc) is 3.20. The van der Waals surface area contributed by atoms with Gasteiger partial charge < -0.3 is 5.73 Å². The molecule has 3 aliphatic rings. The Kier molecular flexibility index (Phi) is 2.45. The molecule has 4 rings (SSSR count). The first-order chi connectivity index (χ1) is 9.40. The van der Waals surface area contributed by atoms with Crippen molar-refractivity contribution >= 4 is 10.0 Å². The highest BCUT2D eigenvalue weighted by atomic mass is 32.2. The first-order valence-electron chi connectivity index (χ1n) is 7.21. The van der Waals surface area contributed by atoms with Gasteiger partial charge in [0.1, 0.15) is 0 Å². The van der Waals surface area contributed by atoms with Crippen molar-refractivity contribution in [3.63, 3.8) is 0 Å². The van der Waals surface area contributed by atoms with E-state index in [0.29, 0.717) is 5.92 Å². The molecule has 3 aliphatic carbocycles. The van der Waals surface area contributed by atoms with Gasteiger partial charge in [0.15, 0.2) is 5.03 Å². The van der Waals surface area contributed by atoms with Crippen LogP contribution in [0.1, 0.15) is 43.7 Å². The van der Waals surface area contributed by atoms with Crippen LogP contribution in [0.15, 0.2) is 11.1 Å². The molecule has 20 heavy (non-hydrogen) atoms. The number of aromatic nitrogens is 2. The third kappa shape index (κ3) is 1.91. The summed E-state index contributed by atoms with van der Waals surface area (Å²) in [6.45, 7) is 0. The van der Waals surface area contributed by atoms with Crippen LogP contribution in [0.2, 0.25) is 0 Å². The number of sulfonamides is 1. The Morgan fingerprint density at radius 3 is 2.60 bits per heavy atom. The Hall–Kier alpha value is -0.920. The fourth-order valence-corrected chi connectivity index (χ4v) is 4.83. The summed E-state index contributed by atoms with van der Waals surface area (Å²) in [5, 5.41) is 4.60. The second-order valence-corrected chi connectivity index (χ2v) is 8.37. The van der Waals surface area contributed by atoms with E-state index in [1.54, 1.807) is 13.1 Å². The van der Waals surface area contributed by atoms with Crippen molar-refractivity contribution in [3.05, 3.63) is 11.8 Å². The van der Waals surface area contributed by atoms with Crippen LogP contribution in [0.4, 0.5) is 0 Å². The molecular weight excluding hydrogens is 276 g/mol. The second kappa shape index (κ2) is 3.84. The number of aryl methyl sites for hydroxylation is 1. The van der Waals surface area contributed by atoms with Gasteiger partial charge in [-0.1, -0.05) is 0 Å². The highest BCUT2D eigenvalue weighted by molar-refractivity contribution is 7.89. The van der Waals surface area contributed by atoms with Gasteiger partial charge in [-0.25, -0.2) is 13.1 Å². The predicted octanol–water partition coefficient (Wildman–Crippen LogP) is 0.456. The smallest absolute Gasteiger partial charge is 0.257 e. The number of rotatable bonds is 4. The first kappa shape index (κ1) is 12.8. The minimum Gasteiger partial charge on any atom is -0.327 e. The van der Waals surface area contributed by atoms with Crippen molar-refractivity contribution in [2.75, 3.05) is 0 Å². The molecule has 0 bridgehead atoms. The maximum Gasteiger partial charge on any atom is 0.257 e. The van der Waals surface area contributed by atoms with Gasteiger partial charge >= 0.3 is 0 Å². The molecule has 0 aliphatic heterocycles. The van der Waals surface area contributed by atoms with Crippen molar-refractivity contribution < 1.29 is 8.42 Å². The van der Waals surface area contributed by atoms with Gasteiger partial charge in [0.2, 0.25) is 0 Å². The normalized spacial score (nSPS) is 36.1. The van der Waals surface area contributed by atoms with Gasteiger partial charge in [0.25, 0.3) is 10.0 Å². The molecule has 1 aromatic rings. The maximum absolute atomic E-state index is 12.4. The van der Waals surface area contributed by atoms with E-state index >= 15 is 0 Å². The van der Waals surface area contributed by atoms with Crippen LogP contribution < -0.4 is 10.5 Å². The molecule has 3 fully saturated rings. The highest BCUT2D eigenvalue weighted by Crippen LogP contribution is 2.59. The predicted molar refractivity (Wildman–Crippen MR) is 73.6 cm³/mol. The van der Waals surface area contributed by atoms with Crippen molar-refractivity contribution in [2.45, 2.75) is 55.1 Å². The molecule has 0 radical (unpaired) electrons. The SMILES string of the molecule is Cn1nc(C2CC2)cc1S(=O)(=O)NC1CC2(C1)CC2N. The lowest BCUT2D eigenvalue weighted by Crippen LogP contribution is -2.47. The molecule has 1 unspecified atom stereocenters. The largest absolute Gasteiger partial charge is 0.327 e. The molecule has 3 N–H and O–H groups in total. The molecule has 1 aromatic heterocycles. The Morgan fingerprint density at radius 1 is 1.40 bits per heavy atom. The van der Waals surface area contributed by atoms with Crippen LogP contribution in [0.25, 0.3) is 0 Å². The number of nitrogens with two attached hydrogens (primary N) is 1. The molecule has 6 nitrogen and oxygen atoms in total. The zero-order valence-electron chi connectivity index (χ0n) is 11.5. The Bertz CT molecular complexity index is 656. The Morgan fingerprint density at radius 2 is 2.05 bits per heavy atom. The van der Waals surface area contributed by atoms with Crippen LogP contribution >= 0.6 is 0 Å². The number of nitrogens with zero attached hydrogens (tertiary/aromatic N) is 2. The molecule has 1 heterocycles. The van der Waals surface area contributed by atoms with Gasteiger partial charge in [-0.2, -0.15) is 5.10 Å². The molecule has 1 atom stereocenters. The molecular formula is C13H20N4O2S. The summed E-state index contributed by atoms with van der Waals surface area (Å²) in [4.78, 5) is 0. The average molecular weight is 296 g/mol. The third-order valence-electron chi connectivity index (χ3n) is 5.01. The van der Waals surface area contributed by atoms with E-state index in [1.165, 1.54) is 4.68 Å². The van der Waals surface area contributed by atoms with Crippen molar-refractivity contribution in [1.82, 2.24) is 14.5 Å². The van der Waals surface area contributed by atoms with Crippen LogP contribution in [-0.2, 0) is 17.1 Å². The van der Waals surface area contributed by atoms with Gasteiger partial charge in [-0.3, -0.25) is 4.68 Å². The summed E-state index contributed by atoms with van der Waals surface area (Å²) in [5.41, 5.74) is 7.03. The van der Waals surface area contributed by atoms with E-state index in [4.69, 9.17) is 5.73 Å². The number of nitrogens with one attached hydrogen (secondary N) is 1. The third-order valence-corrected chi connectivity index (χ3v) is 6.58. The summed E-state index contributed by atoms with van der Waals surface area (Å²) in [7, 11) is -1.77. The van der Waals surface area contributed by atoms with Gasteiger partial charge in [0, 0.05) is 31.1 Å². The van der Waals surface area contributed by atoms with Gasteiger partial charge in [-0.15, -0.1) is 0 Å². The first-order valence-corrected chi connectivity index (χ1v) is 8.70. The number of hydrogen-bond acceptors (Lipinski definition) is 4. The highest BCUT2D eigenvalue weighted by Gasteiger charge is 2.60. The topological polar surface area (TPSA) is 90.0 Å². The second-order valence-electron chi connectivity index (χ2n) is 6.70. The molecule has 110 valence electrons. The lowest BCUT2D eigenvalue weighted by Gasteiger charge is -2.36. The van der Waals surface area contributed by atoms with Crippen molar-refractivity contribution in [3.8, 4) is 0 Å². The summed E-state index contributed by atoms with van der Waals surface area (Å²) in [5.74, 6) is 0.460. The Balaban J connectivity index is 1.49. The zero-order chi connectivity index (χ0) is 14.1. The molecule has 0 saturated heterocycles. The van der Waals surface area contributed by atoms with Gasteiger partial charge in [0.05, 0.1) is 5.69 Å². The van der Waals surface area contributed by atoms with E-state index in [1.807, 2.05) is 0 Å². The molecule has 7 heteroatoms. The van der Waals surface area contributed by atoms with Crippen LogP contribution in [0, 0.1) is 5.41 Å². The van der Waals surface area contributed by atoms with Crippen LogP contribution in [-0.4, -0.2) is 30.3 Å². The van der Waals surface area contributed by atoms with E-state index in [9.17, 15) is 8.42 Å². The van der Waals surface area contributed by atoms with Crippen molar-refractivity contribution in [1.29, 1.82) is 0 Å². The molecule has 0 amide bonds. The number of hydrogen-bond donors (Lipinski definition) is 2. The van der Waals surface area contributed by atoms with E-state index in [0.717, 1.165) is 37.8 Å². The van der Waals surface area contributed by atoms with E-state index in [2.05, 4.69) is 9.82 Å². The molecule has 1 spiro atoms. The van der Waals surface area contributed by atoms with E-state index < -0.39 is 10.0 Å². The minimum absolute atomic E-state index is 0.0350. The Labute approximate surface area is 118 Å². The maximum atomic E-state index is 12.4. The zero-order valence-corrected chi connectivity index (χ0v) is 12.4. The minimum atomic E-state index is -3.47. The lowest BCUT2D eigenvalue weighted by atomic mass is 9.77. The summed E-state index contributed by atoms with van der Waals surface area (Å²) >= 11 is 0. The van der Waals surface area contributed by atoms with E-state index in [-0.39, 0.29) is 22.5 Å². The van der Waals surface area contributed by atoms with Crippen molar-refractivity contribution in [2.24, 2.45) is 18.2 Å². The fraction of sp³-hybridized carbons (Fsp3) is 0.769. The standard InChI is InChI=1S/C13H20N4O2S/c1-17-12(4-10(15-17)8-2-3-8)20(18,19)16-9-5-13(6-9)7-11(13)14/h4,8-9,11,16H,2-3,5-7,14H2,1H3. The van der Waals surface area contributed by atoms with Crippen LogP contribution in [0.3, 0.4) is 0 Å². The quantitative estimate of drug-likeness (QED) is 0.844. The monoisotopic (exact) mass is 296 g/mol. The summed E-state index contributed by atoms with van der Waals surface area (Å²) < 4.78 is 29.1. The lowest BCUT2D eigenvalue weighted by molar-refractivity contribution is 0.215. The fourth-order valence-electron chi connectivity index (χ4n) is 3.43. The summed E-state index contributed by atoms with van der Waals surface area (Å²) in [6.07, 6.45) is 5.03. The van der Waals surface area contributed by atoms with Crippen LogP contribution in [0.5, 0.6) is 0 Å². The van der Waals surface area contributed by atoms with Gasteiger partial charge in [-0.05, 0) is 37.5 Å². The molecule has 3 saturated carbocycles.